The number of hydrogen-bond acceptors (Lipinski definition) is 3. The minimum absolute atomic E-state index is 0.205. The zero-order valence-corrected chi connectivity index (χ0v) is 17.3. The maximum atomic E-state index is 13.3. The van der Waals surface area contributed by atoms with Crippen LogP contribution in [0.25, 0.3) is 0 Å². The van der Waals surface area contributed by atoms with Crippen LogP contribution in [0.1, 0.15) is 50.5 Å². The van der Waals surface area contributed by atoms with Gasteiger partial charge < -0.3 is 4.90 Å². The molecule has 1 amide bonds. The lowest BCUT2D eigenvalue weighted by atomic mass is 9.68. The molecule has 0 aromatic heterocycles. The first-order valence-corrected chi connectivity index (χ1v) is 11.5. The summed E-state index contributed by atoms with van der Waals surface area (Å²) in [5, 5.41) is 0. The van der Waals surface area contributed by atoms with E-state index >= 15 is 0 Å². The largest absolute Gasteiger partial charge is 0.339 e. The molecule has 148 valence electrons. The molecule has 2 aliphatic carbocycles. The highest BCUT2D eigenvalue weighted by molar-refractivity contribution is 7.89. The fourth-order valence-corrected chi connectivity index (χ4v) is 6.49. The van der Waals surface area contributed by atoms with Gasteiger partial charge in [0.05, 0.1) is 10.8 Å². The second-order valence-electron chi connectivity index (χ2n) is 9.00. The van der Waals surface area contributed by atoms with Gasteiger partial charge in [0.1, 0.15) is 0 Å². The Hall–Kier alpha value is -1.40. The van der Waals surface area contributed by atoms with E-state index in [1.54, 1.807) is 24.3 Å². The second kappa shape index (κ2) is 6.89. The molecule has 2 saturated carbocycles. The smallest absolute Gasteiger partial charge is 0.242 e. The Morgan fingerprint density at radius 1 is 1.00 bits per heavy atom. The average Bonchev–Trinajstić information content (AvgIpc) is 2.83. The van der Waals surface area contributed by atoms with Crippen molar-refractivity contribution >= 4 is 15.9 Å². The summed E-state index contributed by atoms with van der Waals surface area (Å²) in [5.74, 6) is 2.27. The highest BCUT2D eigenvalue weighted by Crippen LogP contribution is 2.48. The van der Waals surface area contributed by atoms with Gasteiger partial charge in [-0.2, -0.15) is 0 Å². The van der Waals surface area contributed by atoms with Crippen LogP contribution in [-0.2, 0) is 14.8 Å². The maximum absolute atomic E-state index is 13.3. The Balaban J connectivity index is 1.52. The van der Waals surface area contributed by atoms with Crippen LogP contribution in [0.3, 0.4) is 0 Å². The molecule has 27 heavy (non-hydrogen) atoms. The van der Waals surface area contributed by atoms with E-state index in [0.29, 0.717) is 12.0 Å². The first-order chi connectivity index (χ1) is 12.8. The van der Waals surface area contributed by atoms with Crippen LogP contribution < -0.4 is 0 Å². The van der Waals surface area contributed by atoms with Crippen molar-refractivity contribution in [3.8, 4) is 0 Å². The summed E-state index contributed by atoms with van der Waals surface area (Å²) < 4.78 is 25.7. The van der Waals surface area contributed by atoms with E-state index in [2.05, 4.69) is 4.90 Å². The van der Waals surface area contributed by atoms with Crippen molar-refractivity contribution in [2.45, 2.75) is 55.9 Å². The molecule has 0 spiro atoms. The maximum Gasteiger partial charge on any atom is 0.242 e. The third-order valence-corrected chi connectivity index (χ3v) is 8.75. The Morgan fingerprint density at radius 3 is 2.11 bits per heavy atom. The van der Waals surface area contributed by atoms with Gasteiger partial charge in [-0.1, -0.05) is 12.1 Å². The number of amides is 1. The lowest BCUT2D eigenvalue weighted by molar-refractivity contribution is -0.135. The van der Waals surface area contributed by atoms with E-state index in [-0.39, 0.29) is 16.7 Å². The van der Waals surface area contributed by atoms with Crippen LogP contribution >= 0.6 is 0 Å². The van der Waals surface area contributed by atoms with Crippen molar-refractivity contribution < 1.29 is 13.2 Å². The number of fused-ring (bicyclic) bond motifs is 1. The zero-order chi connectivity index (χ0) is 19.3. The summed E-state index contributed by atoms with van der Waals surface area (Å²) in [6.07, 6.45) is 6.30. The first kappa shape index (κ1) is 18.9. The summed E-state index contributed by atoms with van der Waals surface area (Å²) >= 11 is 0. The van der Waals surface area contributed by atoms with Crippen molar-refractivity contribution in [2.24, 2.45) is 17.8 Å². The van der Waals surface area contributed by atoms with E-state index in [0.717, 1.165) is 23.9 Å². The van der Waals surface area contributed by atoms with Crippen molar-refractivity contribution in [3.05, 3.63) is 29.8 Å². The van der Waals surface area contributed by atoms with Gasteiger partial charge in [0.15, 0.2) is 0 Å². The van der Waals surface area contributed by atoms with Crippen molar-refractivity contribution in [3.63, 3.8) is 0 Å². The van der Waals surface area contributed by atoms with Gasteiger partial charge in [-0.15, -0.1) is 0 Å². The molecular formula is C21H30N2O3S. The second-order valence-corrected chi connectivity index (χ2v) is 11.2. The van der Waals surface area contributed by atoms with E-state index < -0.39 is 10.0 Å². The van der Waals surface area contributed by atoms with Gasteiger partial charge in [0.25, 0.3) is 0 Å². The molecular weight excluding hydrogens is 360 g/mol. The minimum atomic E-state index is -3.44. The Kier molecular flexibility index (Phi) is 4.83. The SMILES string of the molecule is CC(C(=O)N1CC2CC3CC(C2)CC1C3)c1ccc(S(=O)(=O)N(C)C)cc1. The van der Waals surface area contributed by atoms with E-state index in [1.807, 2.05) is 6.92 Å². The molecule has 4 aliphatic rings. The summed E-state index contributed by atoms with van der Waals surface area (Å²) in [7, 11) is -0.390. The summed E-state index contributed by atoms with van der Waals surface area (Å²) in [5.41, 5.74) is 0.890. The van der Waals surface area contributed by atoms with Crippen LogP contribution in [0, 0.1) is 17.8 Å². The molecule has 2 aliphatic heterocycles. The van der Waals surface area contributed by atoms with Crippen LogP contribution in [-0.4, -0.2) is 50.2 Å². The quantitative estimate of drug-likeness (QED) is 0.794. The lowest BCUT2D eigenvalue weighted by Gasteiger charge is -2.39. The number of benzene rings is 1. The van der Waals surface area contributed by atoms with Crippen molar-refractivity contribution in [1.29, 1.82) is 0 Å². The van der Waals surface area contributed by atoms with Gasteiger partial charge in [0, 0.05) is 26.7 Å². The molecule has 1 aromatic rings. The average molecular weight is 391 g/mol. The molecule has 6 heteroatoms. The van der Waals surface area contributed by atoms with Gasteiger partial charge >= 0.3 is 0 Å². The summed E-state index contributed by atoms with van der Waals surface area (Å²) in [6.45, 7) is 2.86. The van der Waals surface area contributed by atoms with Crippen LogP contribution in [0.2, 0.25) is 0 Å². The fourth-order valence-electron chi connectivity index (χ4n) is 5.58. The summed E-state index contributed by atoms with van der Waals surface area (Å²) in [4.78, 5) is 15.7. The molecule has 4 fully saturated rings. The number of hydrogen-bond donors (Lipinski definition) is 0. The van der Waals surface area contributed by atoms with Gasteiger partial charge in [-0.3, -0.25) is 4.79 Å². The van der Waals surface area contributed by atoms with Gasteiger partial charge in [0.2, 0.25) is 15.9 Å². The van der Waals surface area contributed by atoms with Gasteiger partial charge in [-0.25, -0.2) is 12.7 Å². The highest BCUT2D eigenvalue weighted by atomic mass is 32.2. The fraction of sp³-hybridized carbons (Fsp3) is 0.667. The molecule has 3 unspecified atom stereocenters. The Morgan fingerprint density at radius 2 is 1.56 bits per heavy atom. The number of carbonyl (C=O) groups excluding carboxylic acids is 1. The Bertz CT molecular complexity index is 804. The van der Waals surface area contributed by atoms with E-state index in [4.69, 9.17) is 0 Å². The number of rotatable bonds is 4. The molecule has 2 saturated heterocycles. The Labute approximate surface area is 162 Å². The third kappa shape index (κ3) is 3.42. The third-order valence-electron chi connectivity index (χ3n) is 6.92. The number of nitrogens with zero attached hydrogens (tertiary/aromatic N) is 2. The monoisotopic (exact) mass is 390 g/mol. The van der Waals surface area contributed by atoms with Crippen molar-refractivity contribution in [2.75, 3.05) is 20.6 Å². The highest BCUT2D eigenvalue weighted by Gasteiger charge is 2.44. The minimum Gasteiger partial charge on any atom is -0.339 e. The molecule has 0 N–H and O–H groups in total. The molecule has 4 bridgehead atoms. The zero-order valence-electron chi connectivity index (χ0n) is 16.5. The molecule has 3 atom stereocenters. The molecule has 5 nitrogen and oxygen atoms in total. The van der Waals surface area contributed by atoms with E-state index in [1.165, 1.54) is 50.5 Å². The van der Waals surface area contributed by atoms with Crippen LogP contribution in [0.5, 0.6) is 0 Å². The molecule has 0 radical (unpaired) electrons. The predicted molar refractivity (Wildman–Crippen MR) is 105 cm³/mol. The van der Waals surface area contributed by atoms with Crippen molar-refractivity contribution in [1.82, 2.24) is 9.21 Å². The lowest BCUT2D eigenvalue weighted by Crippen LogP contribution is -2.44. The summed E-state index contributed by atoms with van der Waals surface area (Å²) in [6, 6.07) is 7.22. The number of carbonyl (C=O) groups is 1. The predicted octanol–water partition coefficient (Wildman–Crippen LogP) is 3.08. The normalized spacial score (nSPS) is 31.2. The molecule has 5 rings (SSSR count). The number of sulfonamides is 1. The molecule has 1 aromatic carbocycles. The van der Waals surface area contributed by atoms with Gasteiger partial charge in [-0.05, 0) is 74.5 Å². The topological polar surface area (TPSA) is 57.7 Å². The molecule has 2 heterocycles. The standard InChI is InChI=1S/C21H30N2O3S/c1-14(18-4-6-20(7-5-18)27(25,26)22(2)3)21(24)23-13-17-9-15-8-16(10-17)12-19(23)11-15/h4-7,14-17,19H,8-13H2,1-3H3. The van der Waals surface area contributed by atoms with Crippen LogP contribution in [0.4, 0.5) is 0 Å². The van der Waals surface area contributed by atoms with Crippen LogP contribution in [0.15, 0.2) is 29.2 Å². The first-order valence-electron chi connectivity index (χ1n) is 10.1. The van der Waals surface area contributed by atoms with E-state index in [9.17, 15) is 13.2 Å².